The summed E-state index contributed by atoms with van der Waals surface area (Å²) in [4.78, 5) is 0. The third-order valence-corrected chi connectivity index (χ3v) is 3.42. The van der Waals surface area contributed by atoms with Crippen molar-refractivity contribution in [2.45, 2.75) is 37.3 Å². The standard InChI is InChI=1S/C10H17N7S/c1-3-4-17-9(5-11)13-14-10(17)18-7-8-6-16(2)15-12-8/h6H,3-5,7,11H2,1-2H3. The first-order valence-electron chi connectivity index (χ1n) is 5.84. The van der Waals surface area contributed by atoms with Gasteiger partial charge in [0.1, 0.15) is 5.82 Å². The van der Waals surface area contributed by atoms with E-state index in [4.69, 9.17) is 5.73 Å². The molecule has 0 aliphatic heterocycles. The van der Waals surface area contributed by atoms with Crippen molar-refractivity contribution in [3.63, 3.8) is 0 Å². The van der Waals surface area contributed by atoms with Gasteiger partial charge in [0.05, 0.1) is 12.2 Å². The SMILES string of the molecule is CCCn1c(CN)nnc1SCc1cn(C)nn1. The molecule has 0 radical (unpaired) electrons. The summed E-state index contributed by atoms with van der Waals surface area (Å²) < 4.78 is 3.76. The molecule has 0 spiro atoms. The van der Waals surface area contributed by atoms with Gasteiger partial charge in [-0.25, -0.2) is 0 Å². The van der Waals surface area contributed by atoms with Crippen LogP contribution < -0.4 is 5.73 Å². The number of hydrogen-bond acceptors (Lipinski definition) is 6. The van der Waals surface area contributed by atoms with E-state index < -0.39 is 0 Å². The molecule has 0 aliphatic rings. The van der Waals surface area contributed by atoms with Crippen LogP contribution in [0, 0.1) is 0 Å². The van der Waals surface area contributed by atoms with Gasteiger partial charge in [0.15, 0.2) is 5.16 Å². The molecule has 2 rings (SSSR count). The first-order valence-corrected chi connectivity index (χ1v) is 6.83. The fourth-order valence-electron chi connectivity index (χ4n) is 1.62. The number of aromatic nitrogens is 6. The normalized spacial score (nSPS) is 11.1. The topological polar surface area (TPSA) is 87.4 Å². The lowest BCUT2D eigenvalue weighted by molar-refractivity contribution is 0.592. The molecule has 0 aromatic carbocycles. The number of nitrogens with zero attached hydrogens (tertiary/aromatic N) is 6. The maximum absolute atomic E-state index is 5.65. The van der Waals surface area contributed by atoms with Crippen molar-refractivity contribution in [1.29, 1.82) is 0 Å². The number of thioether (sulfide) groups is 1. The summed E-state index contributed by atoms with van der Waals surface area (Å²) in [6.45, 7) is 3.43. The highest BCUT2D eigenvalue weighted by Crippen LogP contribution is 2.21. The summed E-state index contributed by atoms with van der Waals surface area (Å²) in [6, 6.07) is 0. The highest BCUT2D eigenvalue weighted by molar-refractivity contribution is 7.98. The Morgan fingerprint density at radius 3 is 2.78 bits per heavy atom. The Morgan fingerprint density at radius 1 is 1.33 bits per heavy atom. The van der Waals surface area contributed by atoms with Crippen LogP contribution in [0.1, 0.15) is 24.9 Å². The molecule has 0 bridgehead atoms. The second-order valence-corrected chi connectivity index (χ2v) is 4.87. The van der Waals surface area contributed by atoms with Gasteiger partial charge in [0.25, 0.3) is 0 Å². The maximum Gasteiger partial charge on any atom is 0.191 e. The van der Waals surface area contributed by atoms with E-state index in [2.05, 4.69) is 32.0 Å². The monoisotopic (exact) mass is 267 g/mol. The highest BCUT2D eigenvalue weighted by atomic mass is 32.2. The summed E-state index contributed by atoms with van der Waals surface area (Å²) in [7, 11) is 1.85. The van der Waals surface area contributed by atoms with Crippen LogP contribution in [-0.2, 0) is 25.9 Å². The Bertz CT molecular complexity index is 504. The summed E-state index contributed by atoms with van der Waals surface area (Å²) in [5, 5.41) is 17.1. The van der Waals surface area contributed by atoms with Gasteiger partial charge in [-0.1, -0.05) is 23.9 Å². The van der Waals surface area contributed by atoms with Crippen LogP contribution in [0.25, 0.3) is 0 Å². The van der Waals surface area contributed by atoms with Gasteiger partial charge in [-0.15, -0.1) is 15.3 Å². The predicted molar refractivity (Wildman–Crippen MR) is 68.8 cm³/mol. The molecule has 0 saturated carbocycles. The van der Waals surface area contributed by atoms with Gasteiger partial charge >= 0.3 is 0 Å². The van der Waals surface area contributed by atoms with Crippen molar-refractivity contribution < 1.29 is 0 Å². The van der Waals surface area contributed by atoms with Crippen molar-refractivity contribution >= 4 is 11.8 Å². The summed E-state index contributed by atoms with van der Waals surface area (Å²) in [5.41, 5.74) is 6.58. The summed E-state index contributed by atoms with van der Waals surface area (Å²) >= 11 is 1.61. The second kappa shape index (κ2) is 5.96. The lowest BCUT2D eigenvalue weighted by atomic mass is 10.4. The van der Waals surface area contributed by atoms with Gasteiger partial charge in [0.2, 0.25) is 0 Å². The Kier molecular flexibility index (Phi) is 4.32. The molecule has 98 valence electrons. The van der Waals surface area contributed by atoms with Crippen LogP contribution in [0.15, 0.2) is 11.4 Å². The number of hydrogen-bond donors (Lipinski definition) is 1. The molecule has 2 heterocycles. The minimum absolute atomic E-state index is 0.415. The van der Waals surface area contributed by atoms with Crippen molar-refractivity contribution in [2.24, 2.45) is 12.8 Å². The molecule has 0 aliphatic carbocycles. The molecule has 18 heavy (non-hydrogen) atoms. The van der Waals surface area contributed by atoms with Gasteiger partial charge in [-0.2, -0.15) is 0 Å². The van der Waals surface area contributed by atoms with Crippen molar-refractivity contribution in [1.82, 2.24) is 29.8 Å². The maximum atomic E-state index is 5.65. The van der Waals surface area contributed by atoms with Gasteiger partial charge in [0, 0.05) is 25.5 Å². The molecule has 2 N–H and O–H groups in total. The number of nitrogens with two attached hydrogens (primary N) is 1. The van der Waals surface area contributed by atoms with E-state index in [1.807, 2.05) is 13.2 Å². The van der Waals surface area contributed by atoms with E-state index in [9.17, 15) is 0 Å². The van der Waals surface area contributed by atoms with Gasteiger partial charge in [-0.3, -0.25) is 4.68 Å². The average Bonchev–Trinajstić information content (AvgIpc) is 2.94. The Labute approximate surface area is 110 Å². The lowest BCUT2D eigenvalue weighted by Crippen LogP contribution is -2.09. The third kappa shape index (κ3) is 2.88. The van der Waals surface area contributed by atoms with E-state index in [1.54, 1.807) is 16.4 Å². The van der Waals surface area contributed by atoms with Crippen LogP contribution in [0.3, 0.4) is 0 Å². The highest BCUT2D eigenvalue weighted by Gasteiger charge is 2.11. The first-order chi connectivity index (χ1) is 8.74. The van der Waals surface area contributed by atoms with Crippen LogP contribution in [0.2, 0.25) is 0 Å². The quantitative estimate of drug-likeness (QED) is 0.770. The molecule has 2 aromatic heterocycles. The third-order valence-electron chi connectivity index (χ3n) is 2.42. The molecule has 0 amide bonds. The zero-order valence-electron chi connectivity index (χ0n) is 10.6. The zero-order valence-corrected chi connectivity index (χ0v) is 11.4. The van der Waals surface area contributed by atoms with Crippen molar-refractivity contribution in [3.05, 3.63) is 17.7 Å². The van der Waals surface area contributed by atoms with E-state index in [-0.39, 0.29) is 0 Å². The van der Waals surface area contributed by atoms with Gasteiger partial charge in [-0.05, 0) is 6.42 Å². The van der Waals surface area contributed by atoms with E-state index in [1.165, 1.54) is 0 Å². The molecular formula is C10H17N7S. The summed E-state index contributed by atoms with van der Waals surface area (Å²) in [6.07, 6.45) is 2.93. The minimum atomic E-state index is 0.415. The molecule has 0 unspecified atom stereocenters. The van der Waals surface area contributed by atoms with Crippen LogP contribution in [-0.4, -0.2) is 29.8 Å². The molecule has 7 nitrogen and oxygen atoms in total. The molecule has 8 heteroatoms. The fourth-order valence-corrected chi connectivity index (χ4v) is 2.49. The van der Waals surface area contributed by atoms with E-state index >= 15 is 0 Å². The fraction of sp³-hybridized carbons (Fsp3) is 0.600. The summed E-state index contributed by atoms with van der Waals surface area (Å²) in [5.74, 6) is 1.57. The van der Waals surface area contributed by atoms with Crippen molar-refractivity contribution in [3.8, 4) is 0 Å². The first kappa shape index (κ1) is 13.0. The Morgan fingerprint density at radius 2 is 2.17 bits per heavy atom. The van der Waals surface area contributed by atoms with Crippen LogP contribution >= 0.6 is 11.8 Å². The molecular weight excluding hydrogens is 250 g/mol. The Balaban J connectivity index is 2.06. The second-order valence-electron chi connectivity index (χ2n) is 3.93. The van der Waals surface area contributed by atoms with Crippen LogP contribution in [0.5, 0.6) is 0 Å². The molecule has 0 atom stereocenters. The van der Waals surface area contributed by atoms with E-state index in [0.717, 1.165) is 35.4 Å². The lowest BCUT2D eigenvalue weighted by Gasteiger charge is -2.06. The largest absolute Gasteiger partial charge is 0.324 e. The molecule has 0 saturated heterocycles. The number of rotatable bonds is 6. The molecule has 2 aromatic rings. The Hall–Kier alpha value is -1.41. The van der Waals surface area contributed by atoms with Crippen molar-refractivity contribution in [2.75, 3.05) is 0 Å². The zero-order chi connectivity index (χ0) is 13.0. The average molecular weight is 267 g/mol. The smallest absolute Gasteiger partial charge is 0.191 e. The molecule has 0 fully saturated rings. The van der Waals surface area contributed by atoms with E-state index in [0.29, 0.717) is 6.54 Å². The van der Waals surface area contributed by atoms with Gasteiger partial charge < -0.3 is 10.3 Å². The number of aryl methyl sites for hydroxylation is 1. The predicted octanol–water partition coefficient (Wildman–Crippen LogP) is 0.568. The minimum Gasteiger partial charge on any atom is -0.324 e. The van der Waals surface area contributed by atoms with Crippen LogP contribution in [0.4, 0.5) is 0 Å².